The standard InChI is InChI=1S/C22H24N2O8/c1-13(25)14-4-7-16(8-5-14)23-22(28)32-21(19(31-3)10-11-20(27)24-29)15-6-9-18(30-2)17(26)12-15/h4-12,19,21,26,29H,1-3H3,(H,23,28)(H,24,27)/b11-10+/t19-,21-/m0/s1. The van der Waals surface area contributed by atoms with Crippen molar-refractivity contribution in [1.29, 1.82) is 0 Å². The van der Waals surface area contributed by atoms with Gasteiger partial charge in [-0.05, 0) is 55.0 Å². The summed E-state index contributed by atoms with van der Waals surface area (Å²) in [4.78, 5) is 35.3. The van der Waals surface area contributed by atoms with Gasteiger partial charge < -0.3 is 19.3 Å². The number of phenols is 1. The fraction of sp³-hybridized carbons (Fsp3) is 0.227. The number of carbonyl (C=O) groups excluding carboxylic acids is 3. The highest BCUT2D eigenvalue weighted by Gasteiger charge is 2.27. The second-order valence-corrected chi connectivity index (χ2v) is 6.55. The Morgan fingerprint density at radius 3 is 2.28 bits per heavy atom. The first kappa shape index (κ1) is 24.4. The molecule has 2 aromatic carbocycles. The Balaban J connectivity index is 2.29. The summed E-state index contributed by atoms with van der Waals surface area (Å²) in [5.41, 5.74) is 2.68. The summed E-state index contributed by atoms with van der Waals surface area (Å²) < 4.78 is 15.9. The third-order valence-electron chi connectivity index (χ3n) is 4.42. The van der Waals surface area contributed by atoms with E-state index < -0.39 is 24.2 Å². The maximum atomic E-state index is 12.6. The number of ether oxygens (including phenoxy) is 3. The van der Waals surface area contributed by atoms with Gasteiger partial charge in [0.05, 0.1) is 7.11 Å². The predicted octanol–water partition coefficient (Wildman–Crippen LogP) is 2.97. The first-order valence-corrected chi connectivity index (χ1v) is 9.39. The lowest BCUT2D eigenvalue weighted by Gasteiger charge is -2.25. The van der Waals surface area contributed by atoms with E-state index in [1.54, 1.807) is 30.3 Å². The molecule has 32 heavy (non-hydrogen) atoms. The zero-order valence-electron chi connectivity index (χ0n) is 17.7. The highest BCUT2D eigenvalue weighted by molar-refractivity contribution is 5.95. The number of phenolic OH excluding ortho intramolecular Hbond substituents is 1. The van der Waals surface area contributed by atoms with Crippen LogP contribution in [0.2, 0.25) is 0 Å². The van der Waals surface area contributed by atoms with E-state index in [0.29, 0.717) is 16.8 Å². The molecule has 0 aromatic heterocycles. The van der Waals surface area contributed by atoms with E-state index in [1.807, 2.05) is 0 Å². The molecule has 2 atom stereocenters. The summed E-state index contributed by atoms with van der Waals surface area (Å²) in [6.45, 7) is 1.43. The SMILES string of the molecule is COc1ccc([C@H](OC(=O)Nc2ccc(C(C)=O)cc2)[C@H](/C=C/C(=O)NO)OC)cc1O. The van der Waals surface area contributed by atoms with Gasteiger partial charge in [-0.25, -0.2) is 10.3 Å². The number of ketones is 1. The second-order valence-electron chi connectivity index (χ2n) is 6.55. The Morgan fingerprint density at radius 1 is 1.06 bits per heavy atom. The van der Waals surface area contributed by atoms with Crippen molar-refractivity contribution in [2.24, 2.45) is 0 Å². The molecule has 0 radical (unpaired) electrons. The van der Waals surface area contributed by atoms with Gasteiger partial charge >= 0.3 is 6.09 Å². The average Bonchev–Trinajstić information content (AvgIpc) is 2.78. The van der Waals surface area contributed by atoms with Gasteiger partial charge in [-0.1, -0.05) is 6.07 Å². The Labute approximate surface area is 184 Å². The molecule has 0 spiro atoms. The lowest BCUT2D eigenvalue weighted by molar-refractivity contribution is -0.124. The number of hydrogen-bond acceptors (Lipinski definition) is 8. The Kier molecular flexibility index (Phi) is 8.75. The number of anilines is 1. The van der Waals surface area contributed by atoms with E-state index in [0.717, 1.165) is 6.08 Å². The summed E-state index contributed by atoms with van der Waals surface area (Å²) in [5.74, 6) is -0.893. The van der Waals surface area contributed by atoms with E-state index in [2.05, 4.69) is 5.32 Å². The first-order chi connectivity index (χ1) is 15.3. The number of Topliss-reactive ketones (excluding diaryl/α,β-unsaturated/α-hetero) is 1. The van der Waals surface area contributed by atoms with Crippen LogP contribution in [0.5, 0.6) is 11.5 Å². The van der Waals surface area contributed by atoms with Crippen LogP contribution in [0.15, 0.2) is 54.6 Å². The first-order valence-electron chi connectivity index (χ1n) is 9.39. The molecule has 4 N–H and O–H groups in total. The van der Waals surface area contributed by atoms with Gasteiger partial charge in [0.15, 0.2) is 23.4 Å². The third-order valence-corrected chi connectivity index (χ3v) is 4.42. The molecule has 0 saturated carbocycles. The molecule has 0 saturated heterocycles. The minimum atomic E-state index is -1.09. The minimum Gasteiger partial charge on any atom is -0.504 e. The monoisotopic (exact) mass is 444 g/mol. The number of nitrogens with one attached hydrogen (secondary N) is 2. The van der Waals surface area contributed by atoms with Gasteiger partial charge in [0, 0.05) is 24.4 Å². The molecule has 0 aliphatic heterocycles. The van der Waals surface area contributed by atoms with Crippen LogP contribution in [0.4, 0.5) is 10.5 Å². The van der Waals surface area contributed by atoms with Crippen molar-refractivity contribution in [2.45, 2.75) is 19.1 Å². The van der Waals surface area contributed by atoms with E-state index in [-0.39, 0.29) is 17.3 Å². The van der Waals surface area contributed by atoms with Crippen LogP contribution in [0.1, 0.15) is 28.9 Å². The molecule has 0 heterocycles. The van der Waals surface area contributed by atoms with Crippen LogP contribution in [0.25, 0.3) is 0 Å². The molecule has 2 aromatic rings. The Hall–Kier alpha value is -3.89. The van der Waals surface area contributed by atoms with Gasteiger partial charge in [-0.15, -0.1) is 0 Å². The molecule has 2 rings (SSSR count). The number of benzene rings is 2. The quantitative estimate of drug-likeness (QED) is 0.200. The molecule has 0 fully saturated rings. The van der Waals surface area contributed by atoms with Crippen LogP contribution >= 0.6 is 0 Å². The molecule has 170 valence electrons. The second kappa shape index (κ2) is 11.5. The van der Waals surface area contributed by atoms with Gasteiger partial charge in [0.25, 0.3) is 5.91 Å². The van der Waals surface area contributed by atoms with Gasteiger partial charge in [0.1, 0.15) is 6.10 Å². The number of hydroxylamine groups is 1. The number of methoxy groups -OCH3 is 2. The molecule has 0 aliphatic rings. The van der Waals surface area contributed by atoms with Crippen LogP contribution in [0, 0.1) is 0 Å². The van der Waals surface area contributed by atoms with Crippen LogP contribution in [0.3, 0.4) is 0 Å². The number of rotatable bonds is 9. The van der Waals surface area contributed by atoms with E-state index in [1.165, 1.54) is 44.8 Å². The van der Waals surface area contributed by atoms with E-state index in [9.17, 15) is 19.5 Å². The third kappa shape index (κ3) is 6.56. The normalized spacial score (nSPS) is 12.6. The molecular formula is C22H24N2O8. The van der Waals surface area contributed by atoms with Crippen molar-refractivity contribution >= 4 is 23.5 Å². The van der Waals surface area contributed by atoms with Gasteiger partial charge in [0.2, 0.25) is 0 Å². The Morgan fingerprint density at radius 2 is 1.75 bits per heavy atom. The van der Waals surface area contributed by atoms with Gasteiger partial charge in [-0.2, -0.15) is 0 Å². The predicted molar refractivity (Wildman–Crippen MR) is 114 cm³/mol. The zero-order chi connectivity index (χ0) is 23.7. The summed E-state index contributed by atoms with van der Waals surface area (Å²) >= 11 is 0. The highest BCUT2D eigenvalue weighted by atomic mass is 16.6. The topological polar surface area (TPSA) is 143 Å². The van der Waals surface area contributed by atoms with E-state index in [4.69, 9.17) is 19.4 Å². The summed E-state index contributed by atoms with van der Waals surface area (Å²) in [6.07, 6.45) is -0.594. The van der Waals surface area contributed by atoms with Crippen molar-refractivity contribution in [3.8, 4) is 11.5 Å². The zero-order valence-corrected chi connectivity index (χ0v) is 17.7. The molecule has 10 heteroatoms. The molecule has 0 unspecified atom stereocenters. The molecule has 10 nitrogen and oxygen atoms in total. The van der Waals surface area contributed by atoms with Crippen molar-refractivity contribution < 1.29 is 38.9 Å². The highest BCUT2D eigenvalue weighted by Crippen LogP contribution is 2.33. The number of amides is 2. The molecule has 0 bridgehead atoms. The fourth-order valence-electron chi connectivity index (χ4n) is 2.78. The maximum Gasteiger partial charge on any atom is 0.412 e. The smallest absolute Gasteiger partial charge is 0.412 e. The van der Waals surface area contributed by atoms with Crippen molar-refractivity contribution in [3.63, 3.8) is 0 Å². The number of carbonyl (C=O) groups is 3. The lowest BCUT2D eigenvalue weighted by Crippen LogP contribution is -2.27. The van der Waals surface area contributed by atoms with Gasteiger partial charge in [-0.3, -0.25) is 20.1 Å². The average molecular weight is 444 g/mol. The van der Waals surface area contributed by atoms with E-state index >= 15 is 0 Å². The summed E-state index contributed by atoms with van der Waals surface area (Å²) in [7, 11) is 2.73. The Bertz CT molecular complexity index is 988. The molecule has 2 amide bonds. The largest absolute Gasteiger partial charge is 0.504 e. The molecular weight excluding hydrogens is 420 g/mol. The maximum absolute atomic E-state index is 12.6. The summed E-state index contributed by atoms with van der Waals surface area (Å²) in [6, 6.07) is 10.6. The van der Waals surface area contributed by atoms with Crippen LogP contribution < -0.4 is 15.5 Å². The lowest BCUT2D eigenvalue weighted by atomic mass is 10.0. The van der Waals surface area contributed by atoms with Crippen molar-refractivity contribution in [1.82, 2.24) is 5.48 Å². The fourth-order valence-corrected chi connectivity index (χ4v) is 2.78. The molecule has 0 aliphatic carbocycles. The summed E-state index contributed by atoms with van der Waals surface area (Å²) in [5, 5.41) is 21.3. The van der Waals surface area contributed by atoms with Crippen molar-refractivity contribution in [3.05, 3.63) is 65.7 Å². The van der Waals surface area contributed by atoms with Crippen molar-refractivity contribution in [2.75, 3.05) is 19.5 Å². The van der Waals surface area contributed by atoms with Crippen LogP contribution in [-0.2, 0) is 14.3 Å². The van der Waals surface area contributed by atoms with Crippen LogP contribution in [-0.4, -0.2) is 48.4 Å². The minimum absolute atomic E-state index is 0.111. The number of aromatic hydroxyl groups is 1. The number of hydrogen-bond donors (Lipinski definition) is 4.